The largest absolute Gasteiger partial charge is 0.497 e. The van der Waals surface area contributed by atoms with Gasteiger partial charge in [-0.2, -0.15) is 0 Å². The van der Waals surface area contributed by atoms with Crippen molar-refractivity contribution in [3.63, 3.8) is 0 Å². The molecule has 3 rings (SSSR count). The molecular formula is C26H34N2O4. The lowest BCUT2D eigenvalue weighted by Gasteiger charge is -2.31. The number of hydrogen-bond donors (Lipinski definition) is 1. The summed E-state index contributed by atoms with van der Waals surface area (Å²) in [6, 6.07) is 14.8. The van der Waals surface area contributed by atoms with E-state index in [9.17, 15) is 9.59 Å². The van der Waals surface area contributed by atoms with Crippen LogP contribution in [0.1, 0.15) is 50.2 Å². The predicted octanol–water partition coefficient (Wildman–Crippen LogP) is 4.25. The van der Waals surface area contributed by atoms with Crippen molar-refractivity contribution in [3.05, 3.63) is 59.7 Å². The summed E-state index contributed by atoms with van der Waals surface area (Å²) in [6.45, 7) is 4.10. The lowest BCUT2D eigenvalue weighted by molar-refractivity contribution is -0.143. The summed E-state index contributed by atoms with van der Waals surface area (Å²) in [7, 11) is 1.61. The van der Waals surface area contributed by atoms with Crippen molar-refractivity contribution >= 4 is 11.8 Å². The zero-order chi connectivity index (χ0) is 22.9. The minimum atomic E-state index is -0.560. The van der Waals surface area contributed by atoms with Crippen LogP contribution >= 0.6 is 0 Å². The average molecular weight is 439 g/mol. The Balaban J connectivity index is 1.77. The van der Waals surface area contributed by atoms with Crippen LogP contribution in [0.4, 0.5) is 0 Å². The van der Waals surface area contributed by atoms with Crippen molar-refractivity contribution in [3.8, 4) is 11.5 Å². The Bertz CT molecular complexity index is 908. The third-order valence-corrected chi connectivity index (χ3v) is 5.93. The lowest BCUT2D eigenvalue weighted by Crippen LogP contribution is -2.52. The monoisotopic (exact) mass is 438 g/mol. The van der Waals surface area contributed by atoms with Crippen LogP contribution in [0.5, 0.6) is 11.5 Å². The highest BCUT2D eigenvalue weighted by Gasteiger charge is 2.31. The number of rotatable bonds is 10. The molecule has 2 amide bonds. The number of amides is 2. The molecule has 0 bridgehead atoms. The summed E-state index contributed by atoms with van der Waals surface area (Å²) in [5.74, 6) is 1.05. The topological polar surface area (TPSA) is 67.9 Å². The van der Waals surface area contributed by atoms with E-state index in [0.717, 1.165) is 42.6 Å². The number of benzene rings is 2. The van der Waals surface area contributed by atoms with Gasteiger partial charge in [0.25, 0.3) is 5.91 Å². The van der Waals surface area contributed by atoms with Crippen LogP contribution < -0.4 is 14.8 Å². The summed E-state index contributed by atoms with van der Waals surface area (Å²) >= 11 is 0. The Morgan fingerprint density at radius 2 is 1.81 bits per heavy atom. The van der Waals surface area contributed by atoms with Crippen LogP contribution in [0.15, 0.2) is 48.5 Å². The molecule has 1 unspecified atom stereocenters. The predicted molar refractivity (Wildman–Crippen MR) is 125 cm³/mol. The first-order chi connectivity index (χ1) is 15.5. The van der Waals surface area contributed by atoms with Gasteiger partial charge in [-0.3, -0.25) is 9.59 Å². The van der Waals surface area contributed by atoms with E-state index in [1.54, 1.807) is 12.0 Å². The number of nitrogens with one attached hydrogen (secondary N) is 1. The second-order valence-electron chi connectivity index (χ2n) is 8.39. The van der Waals surface area contributed by atoms with E-state index < -0.39 is 6.04 Å². The number of ether oxygens (including phenoxy) is 2. The van der Waals surface area contributed by atoms with E-state index in [4.69, 9.17) is 9.47 Å². The highest BCUT2D eigenvalue weighted by molar-refractivity contribution is 5.88. The van der Waals surface area contributed by atoms with E-state index in [-0.39, 0.29) is 24.5 Å². The van der Waals surface area contributed by atoms with E-state index in [1.165, 1.54) is 0 Å². The molecular weight excluding hydrogens is 404 g/mol. The van der Waals surface area contributed by atoms with Crippen molar-refractivity contribution in [1.29, 1.82) is 0 Å². The molecule has 1 N–H and O–H groups in total. The van der Waals surface area contributed by atoms with E-state index in [2.05, 4.69) is 5.32 Å². The van der Waals surface area contributed by atoms with Gasteiger partial charge in [0.1, 0.15) is 17.5 Å². The molecule has 0 heterocycles. The number of hydrogen-bond acceptors (Lipinski definition) is 4. The molecule has 1 aliphatic carbocycles. The summed E-state index contributed by atoms with van der Waals surface area (Å²) in [4.78, 5) is 28.1. The highest BCUT2D eigenvalue weighted by Crippen LogP contribution is 2.21. The Kier molecular flexibility index (Phi) is 8.54. The second-order valence-corrected chi connectivity index (χ2v) is 8.39. The van der Waals surface area contributed by atoms with E-state index in [1.807, 2.05) is 62.4 Å². The van der Waals surface area contributed by atoms with Gasteiger partial charge in [0.2, 0.25) is 5.91 Å². The number of methoxy groups -OCH3 is 1. The molecule has 0 aromatic heterocycles. The van der Waals surface area contributed by atoms with Gasteiger partial charge in [-0.05, 0) is 61.6 Å². The minimum Gasteiger partial charge on any atom is -0.497 e. The molecule has 1 fully saturated rings. The van der Waals surface area contributed by atoms with Gasteiger partial charge in [0.05, 0.1) is 7.11 Å². The molecule has 1 saturated carbocycles. The summed E-state index contributed by atoms with van der Waals surface area (Å²) in [5.41, 5.74) is 1.96. The first kappa shape index (κ1) is 23.6. The third kappa shape index (κ3) is 6.49. The summed E-state index contributed by atoms with van der Waals surface area (Å²) in [6.07, 6.45) is 4.81. The fourth-order valence-electron chi connectivity index (χ4n) is 4.19. The number of nitrogens with zero attached hydrogens (tertiary/aromatic N) is 1. The van der Waals surface area contributed by atoms with Crippen molar-refractivity contribution < 1.29 is 19.1 Å². The van der Waals surface area contributed by atoms with E-state index in [0.29, 0.717) is 18.7 Å². The van der Waals surface area contributed by atoms with Crippen molar-refractivity contribution in [1.82, 2.24) is 10.2 Å². The number of aryl methyl sites for hydroxylation is 1. The normalized spacial score (nSPS) is 14.6. The van der Waals surface area contributed by atoms with Gasteiger partial charge in [0, 0.05) is 12.6 Å². The Morgan fingerprint density at radius 3 is 2.50 bits per heavy atom. The van der Waals surface area contributed by atoms with Crippen LogP contribution in [-0.2, 0) is 16.1 Å². The molecule has 172 valence electrons. The average Bonchev–Trinajstić information content (AvgIpc) is 3.30. The van der Waals surface area contributed by atoms with Gasteiger partial charge >= 0.3 is 0 Å². The maximum Gasteiger partial charge on any atom is 0.261 e. The van der Waals surface area contributed by atoms with Gasteiger partial charge in [-0.25, -0.2) is 0 Å². The molecule has 0 aliphatic heterocycles. The molecule has 0 saturated heterocycles. The standard InChI is InChI=1S/C26H34N2O4/c1-4-24(26(30)27-21-11-5-6-12-21)28(17-20-10-8-13-22(16-20)31-3)25(29)18-32-23-14-7-9-19(2)15-23/h7-10,13-16,21,24H,4-6,11-12,17-18H2,1-3H3,(H,27,30). The molecule has 2 aromatic rings. The lowest BCUT2D eigenvalue weighted by atomic mass is 10.1. The molecule has 1 atom stereocenters. The summed E-state index contributed by atoms with van der Waals surface area (Å²) in [5, 5.41) is 3.16. The molecule has 0 radical (unpaired) electrons. The second kappa shape index (κ2) is 11.6. The van der Waals surface area contributed by atoms with Crippen LogP contribution in [0.2, 0.25) is 0 Å². The first-order valence-corrected chi connectivity index (χ1v) is 11.4. The Labute approximate surface area is 190 Å². The maximum atomic E-state index is 13.3. The van der Waals surface area contributed by atoms with Crippen LogP contribution in [0, 0.1) is 6.92 Å². The van der Waals surface area contributed by atoms with Gasteiger partial charge < -0.3 is 19.7 Å². The fraction of sp³-hybridized carbons (Fsp3) is 0.462. The third-order valence-electron chi connectivity index (χ3n) is 5.93. The fourth-order valence-corrected chi connectivity index (χ4v) is 4.19. The van der Waals surface area contributed by atoms with Crippen molar-refractivity contribution in [2.75, 3.05) is 13.7 Å². The maximum absolute atomic E-state index is 13.3. The highest BCUT2D eigenvalue weighted by atomic mass is 16.5. The van der Waals surface area contributed by atoms with Crippen LogP contribution in [0.3, 0.4) is 0 Å². The van der Waals surface area contributed by atoms with Crippen LogP contribution in [-0.4, -0.2) is 42.5 Å². The van der Waals surface area contributed by atoms with Gasteiger partial charge in [-0.15, -0.1) is 0 Å². The van der Waals surface area contributed by atoms with E-state index >= 15 is 0 Å². The zero-order valence-electron chi connectivity index (χ0n) is 19.3. The zero-order valence-corrected chi connectivity index (χ0v) is 19.3. The quantitative estimate of drug-likeness (QED) is 0.602. The molecule has 6 nitrogen and oxygen atoms in total. The SMILES string of the molecule is CCC(C(=O)NC1CCCC1)N(Cc1cccc(OC)c1)C(=O)COc1cccc(C)c1. The first-order valence-electron chi connectivity index (χ1n) is 11.4. The minimum absolute atomic E-state index is 0.0915. The van der Waals surface area contributed by atoms with Gasteiger partial charge in [0.15, 0.2) is 6.61 Å². The smallest absolute Gasteiger partial charge is 0.261 e. The van der Waals surface area contributed by atoms with Gasteiger partial charge in [-0.1, -0.05) is 44.0 Å². The van der Waals surface area contributed by atoms with Crippen LogP contribution in [0.25, 0.3) is 0 Å². The molecule has 0 spiro atoms. The molecule has 1 aliphatic rings. The Morgan fingerprint density at radius 1 is 1.09 bits per heavy atom. The van der Waals surface area contributed by atoms with Crippen molar-refractivity contribution in [2.45, 2.75) is 64.6 Å². The Hall–Kier alpha value is -3.02. The number of carbonyl (C=O) groups excluding carboxylic acids is 2. The molecule has 2 aromatic carbocycles. The molecule has 32 heavy (non-hydrogen) atoms. The van der Waals surface area contributed by atoms with Crippen molar-refractivity contribution in [2.24, 2.45) is 0 Å². The number of carbonyl (C=O) groups is 2. The molecule has 6 heteroatoms. The summed E-state index contributed by atoms with van der Waals surface area (Å²) < 4.78 is 11.1.